The Balaban J connectivity index is 1.66. The predicted molar refractivity (Wildman–Crippen MR) is 158 cm³/mol. The summed E-state index contributed by atoms with van der Waals surface area (Å²) in [6, 6.07) is 30.2. The van der Waals surface area contributed by atoms with E-state index in [-0.39, 0.29) is 11.1 Å². The minimum atomic E-state index is -3.01. The lowest BCUT2D eigenvalue weighted by molar-refractivity contribution is 0.277. The fourth-order valence-electron chi connectivity index (χ4n) is 4.13. The van der Waals surface area contributed by atoms with Crippen LogP contribution in [0.2, 0.25) is 18.1 Å². The Morgan fingerprint density at radius 3 is 1.72 bits per heavy atom. The molecule has 0 aliphatic heterocycles. The van der Waals surface area contributed by atoms with Gasteiger partial charge in [0.2, 0.25) is 7.29 Å². The predicted octanol–water partition coefficient (Wildman–Crippen LogP) is 8.22. The molecule has 0 bridgehead atoms. The fourth-order valence-corrected chi connectivity index (χ4v) is 7.72. The molecule has 0 saturated heterocycles. The molecule has 0 amide bonds. The molecule has 0 fully saturated rings. The average molecular weight is 522 g/mol. The van der Waals surface area contributed by atoms with E-state index in [0.717, 1.165) is 49.3 Å². The van der Waals surface area contributed by atoms with Crippen molar-refractivity contribution in [2.24, 2.45) is 0 Å². The Morgan fingerprint density at radius 2 is 1.22 bits per heavy atom. The van der Waals surface area contributed by atoms with Gasteiger partial charge in [0, 0.05) is 23.3 Å². The van der Waals surface area contributed by atoms with Crippen molar-refractivity contribution in [2.75, 3.05) is 6.61 Å². The SMILES string of the molecule is CC(C)(C)[Si](C)(C)OCCCCCC[C@H](NP(=O)(c1ccccc1)c1ccccc1)c1ccccc1. The van der Waals surface area contributed by atoms with E-state index in [1.165, 1.54) is 5.56 Å². The molecule has 3 nitrogen and oxygen atoms in total. The van der Waals surface area contributed by atoms with Crippen molar-refractivity contribution in [2.45, 2.75) is 77.0 Å². The van der Waals surface area contributed by atoms with Gasteiger partial charge in [0.1, 0.15) is 0 Å². The summed E-state index contributed by atoms with van der Waals surface area (Å²) in [5.74, 6) is 0. The summed E-state index contributed by atoms with van der Waals surface area (Å²) < 4.78 is 21.0. The van der Waals surface area contributed by atoms with Gasteiger partial charge in [-0.1, -0.05) is 107 Å². The van der Waals surface area contributed by atoms with Crippen molar-refractivity contribution in [3.8, 4) is 0 Å². The van der Waals surface area contributed by atoms with E-state index in [1.807, 2.05) is 66.7 Å². The van der Waals surface area contributed by atoms with Crippen LogP contribution in [0.3, 0.4) is 0 Å². The van der Waals surface area contributed by atoms with Crippen LogP contribution in [-0.2, 0) is 8.99 Å². The second-order valence-corrected chi connectivity index (χ2v) is 18.5. The number of hydrogen-bond acceptors (Lipinski definition) is 2. The van der Waals surface area contributed by atoms with Crippen LogP contribution in [-0.4, -0.2) is 14.9 Å². The highest BCUT2D eigenvalue weighted by Gasteiger charge is 2.36. The molecule has 5 heteroatoms. The van der Waals surface area contributed by atoms with Gasteiger partial charge in [-0.25, -0.2) is 0 Å². The Kier molecular flexibility index (Phi) is 10.3. The molecule has 0 heterocycles. The molecule has 0 aromatic heterocycles. The molecule has 1 atom stereocenters. The largest absolute Gasteiger partial charge is 0.417 e. The van der Waals surface area contributed by atoms with E-state index >= 15 is 0 Å². The molecular weight excluding hydrogens is 477 g/mol. The van der Waals surface area contributed by atoms with Gasteiger partial charge in [0.25, 0.3) is 0 Å². The number of hydrogen-bond donors (Lipinski definition) is 1. The summed E-state index contributed by atoms with van der Waals surface area (Å²) >= 11 is 0. The van der Waals surface area contributed by atoms with Gasteiger partial charge < -0.3 is 4.43 Å². The third-order valence-corrected chi connectivity index (χ3v) is 14.7. The zero-order valence-electron chi connectivity index (χ0n) is 22.7. The van der Waals surface area contributed by atoms with E-state index in [0.29, 0.717) is 0 Å². The third kappa shape index (κ3) is 7.76. The van der Waals surface area contributed by atoms with Gasteiger partial charge in [-0.2, -0.15) is 0 Å². The summed E-state index contributed by atoms with van der Waals surface area (Å²) in [4.78, 5) is 0. The quantitative estimate of drug-likeness (QED) is 0.140. The normalized spacial score (nSPS) is 13.5. The standard InChI is InChI=1S/C31H44NO2PSi/c1-31(2,3)36(4,5)34-26-18-7-6-17-25-30(27-19-11-8-12-20-27)32-35(33,28-21-13-9-14-22-28)29-23-15-10-16-24-29/h8-16,19-24,30H,6-7,17-18,25-26H2,1-5H3,(H,32,33)/t30-/m0/s1. The highest BCUT2D eigenvalue weighted by atomic mass is 31.2. The molecule has 0 unspecified atom stereocenters. The molecule has 3 rings (SSSR count). The highest BCUT2D eigenvalue weighted by molar-refractivity contribution is 7.76. The maximum atomic E-state index is 14.6. The summed E-state index contributed by atoms with van der Waals surface area (Å²) in [5.41, 5.74) is 1.19. The Morgan fingerprint density at radius 1 is 0.750 bits per heavy atom. The Bertz CT molecular complexity index is 1040. The van der Waals surface area contributed by atoms with Gasteiger partial charge in [-0.15, -0.1) is 0 Å². The minimum absolute atomic E-state index is 0.0147. The lowest BCUT2D eigenvalue weighted by atomic mass is 10.0. The van der Waals surface area contributed by atoms with Crippen LogP contribution in [0.5, 0.6) is 0 Å². The van der Waals surface area contributed by atoms with Crippen LogP contribution in [0.15, 0.2) is 91.0 Å². The molecule has 0 spiro atoms. The molecule has 3 aromatic rings. The summed E-state index contributed by atoms with van der Waals surface area (Å²) in [5, 5.41) is 5.61. The van der Waals surface area contributed by atoms with Crippen molar-refractivity contribution in [1.29, 1.82) is 0 Å². The van der Waals surface area contributed by atoms with Crippen molar-refractivity contribution in [1.82, 2.24) is 5.09 Å². The first-order valence-corrected chi connectivity index (χ1v) is 17.9. The minimum Gasteiger partial charge on any atom is -0.417 e. The number of rotatable bonds is 13. The van der Waals surface area contributed by atoms with Gasteiger partial charge in [0.05, 0.1) is 0 Å². The van der Waals surface area contributed by atoms with Gasteiger partial charge in [-0.3, -0.25) is 9.65 Å². The van der Waals surface area contributed by atoms with Crippen molar-refractivity contribution in [3.63, 3.8) is 0 Å². The zero-order valence-corrected chi connectivity index (χ0v) is 24.6. The van der Waals surface area contributed by atoms with E-state index in [1.54, 1.807) is 0 Å². The molecule has 3 aromatic carbocycles. The summed E-state index contributed by atoms with van der Waals surface area (Å²) in [6.45, 7) is 12.4. The van der Waals surface area contributed by atoms with Crippen LogP contribution < -0.4 is 15.7 Å². The molecule has 194 valence electrons. The van der Waals surface area contributed by atoms with Crippen LogP contribution in [0.25, 0.3) is 0 Å². The first kappa shape index (κ1) is 28.6. The molecule has 36 heavy (non-hydrogen) atoms. The number of benzene rings is 3. The smallest absolute Gasteiger partial charge is 0.205 e. The average Bonchev–Trinajstić information content (AvgIpc) is 2.88. The molecule has 0 aliphatic carbocycles. The lowest BCUT2D eigenvalue weighted by Gasteiger charge is -2.36. The van der Waals surface area contributed by atoms with Gasteiger partial charge >= 0.3 is 0 Å². The second-order valence-electron chi connectivity index (χ2n) is 11.2. The van der Waals surface area contributed by atoms with Crippen molar-refractivity contribution < 1.29 is 8.99 Å². The van der Waals surface area contributed by atoms with Crippen molar-refractivity contribution >= 4 is 26.2 Å². The molecular formula is C31H44NO2PSi. The number of nitrogens with one attached hydrogen (secondary N) is 1. The van der Waals surface area contributed by atoms with E-state index in [2.05, 4.69) is 63.2 Å². The maximum absolute atomic E-state index is 14.6. The monoisotopic (exact) mass is 521 g/mol. The van der Waals surface area contributed by atoms with Crippen LogP contribution in [0.1, 0.15) is 64.5 Å². The van der Waals surface area contributed by atoms with E-state index in [9.17, 15) is 4.57 Å². The fraction of sp³-hybridized carbons (Fsp3) is 0.419. The maximum Gasteiger partial charge on any atom is 0.205 e. The third-order valence-electron chi connectivity index (χ3n) is 7.44. The molecule has 0 saturated carbocycles. The van der Waals surface area contributed by atoms with Gasteiger partial charge in [-0.05, 0) is 60.8 Å². The molecule has 0 aliphatic rings. The highest BCUT2D eigenvalue weighted by Crippen LogP contribution is 2.43. The summed E-state index contributed by atoms with van der Waals surface area (Å²) in [7, 11) is -4.68. The Hall–Kier alpha value is -1.97. The van der Waals surface area contributed by atoms with Gasteiger partial charge in [0.15, 0.2) is 8.32 Å². The summed E-state index contributed by atoms with van der Waals surface area (Å²) in [6.07, 6.45) is 5.42. The van der Waals surface area contributed by atoms with E-state index < -0.39 is 15.6 Å². The van der Waals surface area contributed by atoms with Crippen LogP contribution in [0, 0.1) is 0 Å². The Labute approximate surface area is 220 Å². The first-order valence-electron chi connectivity index (χ1n) is 13.3. The lowest BCUT2D eigenvalue weighted by Crippen LogP contribution is -2.40. The number of unbranched alkanes of at least 4 members (excludes halogenated alkanes) is 3. The molecule has 1 N–H and O–H groups in total. The zero-order chi connectivity index (χ0) is 26.1. The van der Waals surface area contributed by atoms with Crippen LogP contribution in [0.4, 0.5) is 0 Å². The van der Waals surface area contributed by atoms with E-state index in [4.69, 9.17) is 4.43 Å². The second kappa shape index (κ2) is 13.0. The van der Waals surface area contributed by atoms with Crippen molar-refractivity contribution in [3.05, 3.63) is 96.6 Å². The first-order chi connectivity index (χ1) is 17.1. The topological polar surface area (TPSA) is 38.3 Å². The van der Waals surface area contributed by atoms with Crippen LogP contribution >= 0.6 is 7.29 Å². The molecule has 0 radical (unpaired) electrons.